The minimum absolute atomic E-state index is 0.00842. The molecule has 4 aromatic carbocycles. The fourth-order valence-electron chi connectivity index (χ4n) is 6.52. The van der Waals surface area contributed by atoms with Crippen LogP contribution in [-0.4, -0.2) is 18.8 Å². The number of methoxy groups -OCH3 is 2. The Labute approximate surface area is 291 Å². The van der Waals surface area contributed by atoms with Crippen LogP contribution in [-0.2, 0) is 0 Å². The molecule has 0 fully saturated rings. The number of aromatic nitrogens is 1. The van der Waals surface area contributed by atoms with Gasteiger partial charge in [0.25, 0.3) is 5.56 Å². The SMILES string of the molecule is COc1ccc(/C=C2\CCCC3=C2N=c2sc(=C4SC(c5ccccc5)=C(c5ccccc5)S4)c(=O)n2[C@H]3c2ccc(OC)cc2)cc1. The fraction of sp³-hybridized carbons (Fsp3) is 0.150. The first-order valence-electron chi connectivity index (χ1n) is 15.9. The van der Waals surface area contributed by atoms with Gasteiger partial charge in [0.2, 0.25) is 0 Å². The van der Waals surface area contributed by atoms with Crippen molar-refractivity contribution in [2.24, 2.45) is 4.99 Å². The molecule has 0 N–H and O–H groups in total. The van der Waals surface area contributed by atoms with Crippen LogP contribution in [0.25, 0.3) is 20.1 Å². The molecule has 0 bridgehead atoms. The minimum Gasteiger partial charge on any atom is -0.497 e. The lowest BCUT2D eigenvalue weighted by Crippen LogP contribution is -2.39. The van der Waals surface area contributed by atoms with Crippen LogP contribution in [0.5, 0.6) is 11.5 Å². The smallest absolute Gasteiger partial charge is 0.272 e. The number of hydrogen-bond donors (Lipinski definition) is 0. The van der Waals surface area contributed by atoms with E-state index in [2.05, 4.69) is 78.9 Å². The molecule has 3 aliphatic rings. The summed E-state index contributed by atoms with van der Waals surface area (Å²) in [4.78, 5) is 23.0. The summed E-state index contributed by atoms with van der Waals surface area (Å²) < 4.78 is 14.6. The molecule has 0 radical (unpaired) electrons. The van der Waals surface area contributed by atoms with Crippen molar-refractivity contribution in [3.05, 3.63) is 168 Å². The summed E-state index contributed by atoms with van der Waals surface area (Å²) in [6.45, 7) is 0. The molecule has 8 heteroatoms. The van der Waals surface area contributed by atoms with Crippen LogP contribution < -0.4 is 24.4 Å². The third kappa shape index (κ3) is 5.68. The van der Waals surface area contributed by atoms with E-state index < -0.39 is 0 Å². The number of fused-ring (bicyclic) bond motifs is 1. The lowest BCUT2D eigenvalue weighted by Gasteiger charge is -2.31. The van der Waals surface area contributed by atoms with Crippen molar-refractivity contribution >= 4 is 55.0 Å². The van der Waals surface area contributed by atoms with E-state index in [9.17, 15) is 4.79 Å². The van der Waals surface area contributed by atoms with E-state index in [1.807, 2.05) is 41.0 Å². The van der Waals surface area contributed by atoms with E-state index in [0.717, 1.165) is 72.3 Å². The van der Waals surface area contributed by atoms with Gasteiger partial charge in [-0.1, -0.05) is 120 Å². The summed E-state index contributed by atoms with van der Waals surface area (Å²) in [6, 6.07) is 36.9. The van der Waals surface area contributed by atoms with Crippen molar-refractivity contribution in [3.8, 4) is 11.5 Å². The highest BCUT2D eigenvalue weighted by molar-refractivity contribution is 8.41. The number of benzene rings is 4. The molecular weight excluding hydrogens is 653 g/mol. The Morgan fingerprint density at radius 2 is 1.33 bits per heavy atom. The van der Waals surface area contributed by atoms with Gasteiger partial charge < -0.3 is 9.47 Å². The molecule has 0 unspecified atom stereocenters. The summed E-state index contributed by atoms with van der Waals surface area (Å²) in [5.41, 5.74) is 7.87. The van der Waals surface area contributed by atoms with Gasteiger partial charge in [-0.2, -0.15) is 0 Å². The lowest BCUT2D eigenvalue weighted by molar-refractivity contribution is 0.414. The second kappa shape index (κ2) is 13.2. The highest BCUT2D eigenvalue weighted by atomic mass is 32.2. The third-order valence-corrected chi connectivity index (χ3v) is 12.9. The van der Waals surface area contributed by atoms with E-state index in [4.69, 9.17) is 14.5 Å². The van der Waals surface area contributed by atoms with Gasteiger partial charge in [0.1, 0.15) is 16.0 Å². The monoisotopic (exact) mass is 684 g/mol. The first-order valence-corrected chi connectivity index (χ1v) is 18.3. The Bertz CT molecular complexity index is 2230. The van der Waals surface area contributed by atoms with Crippen LogP contribution in [0.3, 0.4) is 0 Å². The zero-order valence-corrected chi connectivity index (χ0v) is 29.0. The molecule has 238 valence electrons. The summed E-state index contributed by atoms with van der Waals surface area (Å²) in [5, 5.41) is 0. The molecule has 3 heterocycles. The average Bonchev–Trinajstić information content (AvgIpc) is 3.73. The largest absolute Gasteiger partial charge is 0.497 e. The minimum atomic E-state index is -0.248. The topological polar surface area (TPSA) is 52.8 Å². The highest BCUT2D eigenvalue weighted by Gasteiger charge is 2.34. The maximum Gasteiger partial charge on any atom is 0.272 e. The number of nitrogens with zero attached hydrogens (tertiary/aromatic N) is 2. The Morgan fingerprint density at radius 1 is 0.750 bits per heavy atom. The molecule has 1 aliphatic carbocycles. The van der Waals surface area contributed by atoms with Gasteiger partial charge in [0, 0.05) is 9.81 Å². The van der Waals surface area contributed by atoms with Crippen molar-refractivity contribution in [1.82, 2.24) is 4.57 Å². The summed E-state index contributed by atoms with van der Waals surface area (Å²) in [7, 11) is 3.36. The molecule has 5 nitrogen and oxygen atoms in total. The molecule has 0 spiro atoms. The standard InChI is InChI=1S/C40H32N2O3S3/c1-44-30-20-16-25(17-21-30)24-29-14-9-15-32-33(29)41-40-42(34(32)26-18-22-31(45-2)23-19-26)38(43)37(48-40)39-46-35(27-10-5-3-6-11-27)36(47-39)28-12-7-4-8-13-28/h3-8,10-13,16-24,34H,9,14-15H2,1-2H3/b29-24+/t34-/m0/s1. The molecule has 0 saturated carbocycles. The lowest BCUT2D eigenvalue weighted by atomic mass is 9.84. The average molecular weight is 685 g/mol. The second-order valence-electron chi connectivity index (χ2n) is 11.7. The van der Waals surface area contributed by atoms with Crippen LogP contribution in [0.1, 0.15) is 47.6 Å². The van der Waals surface area contributed by atoms with E-state index in [0.29, 0.717) is 0 Å². The van der Waals surface area contributed by atoms with Gasteiger partial charge in [0.05, 0.1) is 30.2 Å². The molecule has 0 saturated heterocycles. The van der Waals surface area contributed by atoms with Crippen molar-refractivity contribution in [2.75, 3.05) is 14.2 Å². The molecular formula is C40H32N2O3S3. The van der Waals surface area contributed by atoms with Crippen LogP contribution in [0.15, 0.2) is 136 Å². The maximum absolute atomic E-state index is 14.7. The summed E-state index contributed by atoms with van der Waals surface area (Å²) >= 11 is 4.89. The van der Waals surface area contributed by atoms with Gasteiger partial charge in [-0.15, -0.1) is 0 Å². The van der Waals surface area contributed by atoms with E-state index in [1.54, 1.807) is 37.7 Å². The molecule has 5 aromatic rings. The number of thiazole rings is 1. The summed E-state index contributed by atoms with van der Waals surface area (Å²) in [5.74, 6) is 1.62. The van der Waals surface area contributed by atoms with Crippen molar-refractivity contribution in [1.29, 1.82) is 0 Å². The zero-order chi connectivity index (χ0) is 32.6. The van der Waals surface area contributed by atoms with E-state index in [-0.39, 0.29) is 11.6 Å². The summed E-state index contributed by atoms with van der Waals surface area (Å²) in [6.07, 6.45) is 5.05. The first-order chi connectivity index (χ1) is 23.6. The first kappa shape index (κ1) is 30.8. The number of hydrogen-bond acceptors (Lipinski definition) is 7. The predicted octanol–water partition coefficient (Wildman–Crippen LogP) is 8.74. The normalized spacial score (nSPS) is 18.1. The molecule has 8 rings (SSSR count). The van der Waals surface area contributed by atoms with Crippen molar-refractivity contribution < 1.29 is 9.47 Å². The van der Waals surface area contributed by atoms with Crippen molar-refractivity contribution in [3.63, 3.8) is 0 Å². The van der Waals surface area contributed by atoms with Gasteiger partial charge >= 0.3 is 0 Å². The number of thioether (sulfide) groups is 2. The second-order valence-corrected chi connectivity index (χ2v) is 15.0. The zero-order valence-electron chi connectivity index (χ0n) is 26.5. The van der Waals surface area contributed by atoms with Gasteiger partial charge in [0.15, 0.2) is 4.80 Å². The van der Waals surface area contributed by atoms with Gasteiger partial charge in [-0.25, -0.2) is 4.99 Å². The van der Waals surface area contributed by atoms with Crippen LogP contribution in [0, 0.1) is 0 Å². The highest BCUT2D eigenvalue weighted by Crippen LogP contribution is 2.57. The van der Waals surface area contributed by atoms with E-state index in [1.165, 1.54) is 32.3 Å². The molecule has 1 aromatic heterocycles. The maximum atomic E-state index is 14.7. The Hall–Kier alpha value is -4.50. The fourth-order valence-corrected chi connectivity index (χ4v) is 10.5. The van der Waals surface area contributed by atoms with Crippen LogP contribution in [0.4, 0.5) is 0 Å². The quantitative estimate of drug-likeness (QED) is 0.179. The van der Waals surface area contributed by atoms with Gasteiger partial charge in [-0.05, 0) is 83.0 Å². The van der Waals surface area contributed by atoms with Gasteiger partial charge in [-0.3, -0.25) is 9.36 Å². The van der Waals surface area contributed by atoms with E-state index >= 15 is 0 Å². The van der Waals surface area contributed by atoms with Crippen LogP contribution in [0.2, 0.25) is 0 Å². The third-order valence-electron chi connectivity index (χ3n) is 8.85. The Kier molecular flexibility index (Phi) is 8.46. The van der Waals surface area contributed by atoms with Crippen LogP contribution >= 0.6 is 34.9 Å². The molecule has 48 heavy (non-hydrogen) atoms. The number of ether oxygens (including phenoxy) is 2. The predicted molar refractivity (Wildman–Crippen MR) is 201 cm³/mol. The Morgan fingerprint density at radius 3 is 1.92 bits per heavy atom. The molecule has 2 aliphatic heterocycles. The number of rotatable bonds is 6. The molecule has 0 amide bonds. The number of allylic oxidation sites excluding steroid dienone is 2. The van der Waals surface area contributed by atoms with Crippen molar-refractivity contribution in [2.45, 2.75) is 25.3 Å². The Balaban J connectivity index is 1.30. The molecule has 1 atom stereocenters.